The molecule has 1 N–H and O–H groups in total. The maximum atomic E-state index is 12.5. The van der Waals surface area contributed by atoms with E-state index in [1.165, 1.54) is 11.3 Å². The quantitative estimate of drug-likeness (QED) is 0.562. The topological polar surface area (TPSA) is 81.4 Å². The molecule has 1 amide bonds. The summed E-state index contributed by atoms with van der Waals surface area (Å²) in [6, 6.07) is 13.5. The maximum absolute atomic E-state index is 12.5. The summed E-state index contributed by atoms with van der Waals surface area (Å²) in [7, 11) is 1.57. The van der Waals surface area contributed by atoms with E-state index in [0.29, 0.717) is 17.9 Å². The van der Waals surface area contributed by atoms with Crippen LogP contribution in [0.15, 0.2) is 42.5 Å². The van der Waals surface area contributed by atoms with E-state index in [2.05, 4.69) is 20.6 Å². The molecule has 0 bridgehead atoms. The summed E-state index contributed by atoms with van der Waals surface area (Å²) >= 11 is 1.49. The van der Waals surface area contributed by atoms with Gasteiger partial charge >= 0.3 is 0 Å². The van der Waals surface area contributed by atoms with Gasteiger partial charge in [-0.05, 0) is 31.0 Å². The number of nitrogens with one attached hydrogen (secondary N) is 1. The number of rotatable bonds is 5. The van der Waals surface area contributed by atoms with Crippen LogP contribution in [0.1, 0.15) is 27.3 Å². The first-order valence-electron chi connectivity index (χ1n) is 8.77. The zero-order chi connectivity index (χ0) is 19.7. The first-order valence-corrected chi connectivity index (χ1v) is 9.58. The fourth-order valence-corrected chi connectivity index (χ4v) is 3.87. The van der Waals surface area contributed by atoms with Crippen molar-refractivity contribution in [3.8, 4) is 16.3 Å². The lowest BCUT2D eigenvalue weighted by Crippen LogP contribution is -2.23. The van der Waals surface area contributed by atoms with Gasteiger partial charge in [-0.3, -0.25) is 4.79 Å². The van der Waals surface area contributed by atoms with Crippen molar-refractivity contribution in [2.24, 2.45) is 0 Å². The molecular weight excluding hydrogens is 374 g/mol. The second-order valence-corrected chi connectivity index (χ2v) is 7.34. The van der Waals surface area contributed by atoms with E-state index >= 15 is 0 Å². The van der Waals surface area contributed by atoms with Gasteiger partial charge in [0, 0.05) is 12.1 Å². The molecule has 2 heterocycles. The average Bonchev–Trinajstić information content (AvgIpc) is 3.28. The van der Waals surface area contributed by atoms with Gasteiger partial charge in [-0.2, -0.15) is 9.61 Å². The molecule has 0 radical (unpaired) electrons. The number of nitrogens with zero attached hydrogens (tertiary/aromatic N) is 4. The number of methoxy groups -OCH3 is 1. The van der Waals surface area contributed by atoms with Crippen LogP contribution in [0.3, 0.4) is 0 Å². The number of hydrogen-bond donors (Lipinski definition) is 1. The molecule has 0 saturated carbocycles. The lowest BCUT2D eigenvalue weighted by atomic mass is 10.1. The van der Waals surface area contributed by atoms with Crippen LogP contribution in [-0.2, 0) is 6.54 Å². The number of carbonyl (C=O) groups is 1. The lowest BCUT2D eigenvalue weighted by Gasteiger charge is -2.11. The summed E-state index contributed by atoms with van der Waals surface area (Å²) in [6.07, 6.45) is 0. The van der Waals surface area contributed by atoms with Crippen molar-refractivity contribution in [3.63, 3.8) is 0 Å². The van der Waals surface area contributed by atoms with E-state index in [-0.39, 0.29) is 5.91 Å². The largest absolute Gasteiger partial charge is 0.496 e. The van der Waals surface area contributed by atoms with Crippen LogP contribution in [0.25, 0.3) is 15.5 Å². The highest BCUT2D eigenvalue weighted by Gasteiger charge is 2.14. The highest BCUT2D eigenvalue weighted by molar-refractivity contribution is 7.19. The third kappa shape index (κ3) is 3.34. The molecule has 4 rings (SSSR count). The molecule has 0 unspecified atom stereocenters. The standard InChI is InChI=1S/C20H19N5O2S/c1-12-5-4-6-16(17(12)27-3)18(26)21-11-14-7-9-15(10-8-14)19-24-25-13(2)22-23-20(25)28-19/h4-10H,11H2,1-3H3,(H,21,26). The zero-order valence-electron chi connectivity index (χ0n) is 15.8. The average molecular weight is 393 g/mol. The van der Waals surface area contributed by atoms with Gasteiger partial charge in [0.25, 0.3) is 5.91 Å². The van der Waals surface area contributed by atoms with E-state index in [9.17, 15) is 4.79 Å². The molecule has 2 aromatic carbocycles. The first kappa shape index (κ1) is 18.1. The van der Waals surface area contributed by atoms with E-state index in [4.69, 9.17) is 4.74 Å². The third-order valence-electron chi connectivity index (χ3n) is 4.46. The predicted molar refractivity (Wildman–Crippen MR) is 108 cm³/mol. The van der Waals surface area contributed by atoms with Crippen LogP contribution in [-0.4, -0.2) is 32.8 Å². The van der Waals surface area contributed by atoms with Gasteiger partial charge < -0.3 is 10.1 Å². The molecule has 28 heavy (non-hydrogen) atoms. The Labute approximate surface area is 166 Å². The van der Waals surface area contributed by atoms with Crippen molar-refractivity contribution in [3.05, 3.63) is 65.0 Å². The number of aromatic nitrogens is 4. The van der Waals surface area contributed by atoms with Gasteiger partial charge in [-0.25, -0.2) is 0 Å². The van der Waals surface area contributed by atoms with Crippen molar-refractivity contribution in [2.75, 3.05) is 7.11 Å². The molecular formula is C20H19N5O2S. The van der Waals surface area contributed by atoms with E-state index < -0.39 is 0 Å². The molecule has 0 aliphatic carbocycles. The minimum atomic E-state index is -0.159. The molecule has 142 valence electrons. The van der Waals surface area contributed by atoms with Crippen LogP contribution in [0.5, 0.6) is 5.75 Å². The number of ether oxygens (including phenoxy) is 1. The summed E-state index contributed by atoms with van der Waals surface area (Å²) in [5, 5.41) is 16.5. The third-order valence-corrected chi connectivity index (χ3v) is 5.41. The maximum Gasteiger partial charge on any atom is 0.255 e. The number of hydrogen-bond acceptors (Lipinski definition) is 6. The minimum Gasteiger partial charge on any atom is -0.496 e. The Morgan fingerprint density at radius 3 is 2.64 bits per heavy atom. The number of fused-ring (bicyclic) bond motifs is 1. The molecule has 0 spiro atoms. The van der Waals surface area contributed by atoms with Crippen molar-refractivity contribution in [2.45, 2.75) is 20.4 Å². The second kappa shape index (κ2) is 7.40. The van der Waals surface area contributed by atoms with Crippen LogP contribution in [0.4, 0.5) is 0 Å². The van der Waals surface area contributed by atoms with E-state index in [1.807, 2.05) is 50.2 Å². The smallest absolute Gasteiger partial charge is 0.255 e. The van der Waals surface area contributed by atoms with Gasteiger partial charge in [0.1, 0.15) is 10.8 Å². The fraction of sp³-hybridized carbons (Fsp3) is 0.200. The number of amides is 1. The molecule has 2 aromatic heterocycles. The highest BCUT2D eigenvalue weighted by atomic mass is 32.1. The van der Waals surface area contributed by atoms with Crippen LogP contribution >= 0.6 is 11.3 Å². The SMILES string of the molecule is COc1c(C)cccc1C(=O)NCc1ccc(-c2nn3c(C)nnc3s2)cc1. The zero-order valence-corrected chi connectivity index (χ0v) is 16.6. The molecule has 0 aliphatic heterocycles. The van der Waals surface area contributed by atoms with Gasteiger partial charge in [-0.15, -0.1) is 10.2 Å². The Balaban J connectivity index is 1.46. The lowest BCUT2D eigenvalue weighted by molar-refractivity contribution is 0.0947. The molecule has 8 heteroatoms. The van der Waals surface area contributed by atoms with Crippen molar-refractivity contribution < 1.29 is 9.53 Å². The first-order chi connectivity index (χ1) is 13.6. The minimum absolute atomic E-state index is 0.159. The van der Waals surface area contributed by atoms with E-state index in [1.54, 1.807) is 17.7 Å². The summed E-state index contributed by atoms with van der Waals surface area (Å²) in [4.78, 5) is 13.3. The van der Waals surface area contributed by atoms with Crippen LogP contribution in [0, 0.1) is 13.8 Å². The molecule has 0 atom stereocenters. The number of carbonyl (C=O) groups excluding carboxylic acids is 1. The van der Waals surface area contributed by atoms with Crippen LogP contribution < -0.4 is 10.1 Å². The Morgan fingerprint density at radius 1 is 1.14 bits per heavy atom. The molecule has 0 aliphatic rings. The van der Waals surface area contributed by atoms with Crippen LogP contribution in [0.2, 0.25) is 0 Å². The molecule has 0 fully saturated rings. The summed E-state index contributed by atoms with van der Waals surface area (Å²) in [6.45, 7) is 4.22. The van der Waals surface area contributed by atoms with Gasteiger partial charge in [0.05, 0.1) is 12.7 Å². The Hall–Kier alpha value is -3.26. The highest BCUT2D eigenvalue weighted by Crippen LogP contribution is 2.26. The normalized spacial score (nSPS) is 11.0. The second-order valence-electron chi connectivity index (χ2n) is 6.38. The fourth-order valence-electron chi connectivity index (χ4n) is 2.98. The molecule has 0 saturated heterocycles. The van der Waals surface area contributed by atoms with Gasteiger partial charge in [-0.1, -0.05) is 47.7 Å². The Bertz CT molecular complexity index is 1150. The summed E-state index contributed by atoms with van der Waals surface area (Å²) in [5.41, 5.74) is 3.47. The number of benzene rings is 2. The van der Waals surface area contributed by atoms with Crippen molar-refractivity contribution in [1.82, 2.24) is 25.1 Å². The Kier molecular flexibility index (Phi) is 4.79. The molecule has 4 aromatic rings. The monoisotopic (exact) mass is 393 g/mol. The number of para-hydroxylation sites is 1. The van der Waals surface area contributed by atoms with Crippen molar-refractivity contribution >= 4 is 22.2 Å². The predicted octanol–water partition coefficient (Wildman–Crippen LogP) is 3.41. The van der Waals surface area contributed by atoms with Crippen molar-refractivity contribution in [1.29, 1.82) is 0 Å². The van der Waals surface area contributed by atoms with E-state index in [0.717, 1.165) is 32.5 Å². The van der Waals surface area contributed by atoms with Gasteiger partial charge in [0.2, 0.25) is 4.96 Å². The molecule has 7 nitrogen and oxygen atoms in total. The summed E-state index contributed by atoms with van der Waals surface area (Å²) in [5.74, 6) is 1.21. The Morgan fingerprint density at radius 2 is 1.93 bits per heavy atom. The van der Waals surface area contributed by atoms with Gasteiger partial charge in [0.15, 0.2) is 5.82 Å². The number of aryl methyl sites for hydroxylation is 2. The summed E-state index contributed by atoms with van der Waals surface area (Å²) < 4.78 is 7.10.